The van der Waals surface area contributed by atoms with Crippen molar-refractivity contribution in [1.29, 1.82) is 0 Å². The molecular formula is C5H6ClFO3S. The van der Waals surface area contributed by atoms with Crippen molar-refractivity contribution in [3.05, 3.63) is 0 Å². The summed E-state index contributed by atoms with van der Waals surface area (Å²) in [7, 11) is -4.57. The molecule has 64 valence electrons. The molecule has 0 radical (unpaired) electrons. The molecule has 11 heavy (non-hydrogen) atoms. The van der Waals surface area contributed by atoms with Gasteiger partial charge < -0.3 is 0 Å². The molecule has 3 nitrogen and oxygen atoms in total. The van der Waals surface area contributed by atoms with Crippen molar-refractivity contribution in [2.24, 2.45) is 5.41 Å². The molecule has 0 atom stereocenters. The highest BCUT2D eigenvalue weighted by molar-refractivity contribution is 7.86. The van der Waals surface area contributed by atoms with Crippen LogP contribution in [-0.4, -0.2) is 19.4 Å². The van der Waals surface area contributed by atoms with Gasteiger partial charge in [-0.2, -0.15) is 8.42 Å². The minimum Gasteiger partial charge on any atom is -0.281 e. The first kappa shape index (κ1) is 8.93. The second-order valence-corrected chi connectivity index (χ2v) is 4.45. The van der Waals surface area contributed by atoms with E-state index in [9.17, 15) is 17.1 Å². The summed E-state index contributed by atoms with van der Waals surface area (Å²) in [6, 6.07) is 0. The molecule has 6 heteroatoms. The largest absolute Gasteiger partial charge is 0.303 e. The smallest absolute Gasteiger partial charge is 0.281 e. The molecule has 1 aliphatic carbocycles. The topological polar surface area (TPSA) is 51.2 Å². The van der Waals surface area contributed by atoms with Crippen molar-refractivity contribution in [3.63, 3.8) is 0 Å². The minimum atomic E-state index is -4.57. The molecule has 1 fully saturated rings. The fourth-order valence-electron chi connectivity index (χ4n) is 0.879. The van der Waals surface area contributed by atoms with Gasteiger partial charge in [0.1, 0.15) is 0 Å². The molecule has 0 N–H and O–H groups in total. The molecule has 0 spiro atoms. The standard InChI is InChI=1S/C5H6ClFO3S/c6-4(8)5(1-2-5)3-11(7,9)10/h1-3H2. The Labute approximate surface area is 68.7 Å². The molecule has 1 aliphatic rings. The first-order valence-corrected chi connectivity index (χ1v) is 4.91. The van der Waals surface area contributed by atoms with Gasteiger partial charge in [0, 0.05) is 0 Å². The van der Waals surface area contributed by atoms with Crippen LogP contribution in [0.4, 0.5) is 3.89 Å². The van der Waals surface area contributed by atoms with Crippen molar-refractivity contribution in [1.82, 2.24) is 0 Å². The monoisotopic (exact) mass is 200 g/mol. The van der Waals surface area contributed by atoms with Gasteiger partial charge in [0.25, 0.3) is 0 Å². The summed E-state index contributed by atoms with van der Waals surface area (Å²) < 4.78 is 32.3. The fourth-order valence-corrected chi connectivity index (χ4v) is 2.29. The summed E-state index contributed by atoms with van der Waals surface area (Å²) >= 11 is 5.07. The van der Waals surface area contributed by atoms with Crippen LogP contribution in [0.25, 0.3) is 0 Å². The highest BCUT2D eigenvalue weighted by atomic mass is 35.5. The first-order valence-electron chi connectivity index (χ1n) is 2.98. The van der Waals surface area contributed by atoms with Crippen LogP contribution in [0.2, 0.25) is 0 Å². The average molecular weight is 201 g/mol. The number of carbonyl (C=O) groups excluding carboxylic acids is 1. The molecule has 0 amide bonds. The Morgan fingerprint density at radius 2 is 2.00 bits per heavy atom. The van der Waals surface area contributed by atoms with Crippen LogP contribution in [0.15, 0.2) is 0 Å². The summed E-state index contributed by atoms with van der Waals surface area (Å²) in [5.74, 6) is -0.762. The molecule has 0 unspecified atom stereocenters. The van der Waals surface area contributed by atoms with Crippen molar-refractivity contribution in [3.8, 4) is 0 Å². The van der Waals surface area contributed by atoms with Gasteiger partial charge in [-0.1, -0.05) is 0 Å². The zero-order valence-corrected chi connectivity index (χ0v) is 7.08. The van der Waals surface area contributed by atoms with Crippen LogP contribution in [-0.2, 0) is 15.0 Å². The molecular weight excluding hydrogens is 195 g/mol. The maximum Gasteiger partial charge on any atom is 0.303 e. The van der Waals surface area contributed by atoms with Crippen LogP contribution in [0.5, 0.6) is 0 Å². The zero-order chi connectivity index (χ0) is 8.70. The van der Waals surface area contributed by atoms with Gasteiger partial charge in [-0.15, -0.1) is 3.89 Å². The summed E-state index contributed by atoms with van der Waals surface area (Å²) in [5, 5.41) is -0.751. The molecule has 0 heterocycles. The lowest BCUT2D eigenvalue weighted by molar-refractivity contribution is -0.115. The number of hydrogen-bond acceptors (Lipinski definition) is 3. The summed E-state index contributed by atoms with van der Waals surface area (Å²) in [6.07, 6.45) is 0.747. The van der Waals surface area contributed by atoms with E-state index < -0.39 is 26.6 Å². The van der Waals surface area contributed by atoms with Crippen LogP contribution in [0, 0.1) is 5.41 Å². The third-order valence-corrected chi connectivity index (χ3v) is 3.02. The van der Waals surface area contributed by atoms with Crippen molar-refractivity contribution in [2.45, 2.75) is 12.8 Å². The van der Waals surface area contributed by atoms with E-state index in [2.05, 4.69) is 0 Å². The van der Waals surface area contributed by atoms with Crippen LogP contribution in [0.3, 0.4) is 0 Å². The Kier molecular flexibility index (Phi) is 1.96. The SMILES string of the molecule is O=C(Cl)C1(CS(=O)(=O)F)CC1. The quantitative estimate of drug-likeness (QED) is 0.635. The normalized spacial score (nSPS) is 21.3. The minimum absolute atomic E-state index is 0.373. The van der Waals surface area contributed by atoms with Gasteiger partial charge in [0.05, 0.1) is 11.2 Å². The summed E-state index contributed by atoms with van der Waals surface area (Å²) in [4.78, 5) is 10.5. The highest BCUT2D eigenvalue weighted by Gasteiger charge is 2.52. The van der Waals surface area contributed by atoms with Gasteiger partial charge >= 0.3 is 10.2 Å². The fraction of sp³-hybridized carbons (Fsp3) is 0.800. The van der Waals surface area contributed by atoms with E-state index >= 15 is 0 Å². The Hall–Kier alpha value is -0.160. The van der Waals surface area contributed by atoms with E-state index in [-0.39, 0.29) is 0 Å². The molecule has 0 aromatic carbocycles. The van der Waals surface area contributed by atoms with Crippen molar-refractivity contribution in [2.75, 3.05) is 5.75 Å². The Balaban J connectivity index is 2.70. The predicted octanol–water partition coefficient (Wildman–Crippen LogP) is 0.831. The third-order valence-electron chi connectivity index (χ3n) is 1.72. The predicted molar refractivity (Wildman–Crippen MR) is 37.4 cm³/mol. The lowest BCUT2D eigenvalue weighted by atomic mass is 10.2. The lowest BCUT2D eigenvalue weighted by Crippen LogP contribution is -2.19. The van der Waals surface area contributed by atoms with Gasteiger partial charge in [-0.05, 0) is 24.4 Å². The van der Waals surface area contributed by atoms with Gasteiger partial charge in [0.15, 0.2) is 0 Å². The Bertz CT molecular complexity index is 280. The van der Waals surface area contributed by atoms with E-state index in [1.54, 1.807) is 0 Å². The van der Waals surface area contributed by atoms with Gasteiger partial charge in [0.2, 0.25) is 5.24 Å². The van der Waals surface area contributed by atoms with Gasteiger partial charge in [-0.3, -0.25) is 4.79 Å². The number of rotatable bonds is 3. The van der Waals surface area contributed by atoms with E-state index in [4.69, 9.17) is 11.6 Å². The van der Waals surface area contributed by atoms with E-state index in [1.807, 2.05) is 0 Å². The maximum atomic E-state index is 12.0. The first-order chi connectivity index (χ1) is 4.86. The van der Waals surface area contributed by atoms with Crippen LogP contribution < -0.4 is 0 Å². The summed E-state index contributed by atoms with van der Waals surface area (Å²) in [5.41, 5.74) is -1.10. The molecule has 0 aliphatic heterocycles. The summed E-state index contributed by atoms with van der Waals surface area (Å²) in [6.45, 7) is 0. The van der Waals surface area contributed by atoms with Crippen molar-refractivity contribution < 1.29 is 17.1 Å². The van der Waals surface area contributed by atoms with Crippen LogP contribution in [0.1, 0.15) is 12.8 Å². The number of hydrogen-bond donors (Lipinski definition) is 0. The van der Waals surface area contributed by atoms with E-state index in [1.165, 1.54) is 0 Å². The Morgan fingerprint density at radius 1 is 1.55 bits per heavy atom. The average Bonchev–Trinajstić information content (AvgIpc) is 2.43. The maximum absolute atomic E-state index is 12.0. The highest BCUT2D eigenvalue weighted by Crippen LogP contribution is 2.48. The lowest BCUT2D eigenvalue weighted by Gasteiger charge is -2.03. The molecule has 0 aromatic heterocycles. The number of halogens is 2. The second-order valence-electron chi connectivity index (χ2n) is 2.74. The third kappa shape index (κ3) is 2.13. The molecule has 1 saturated carbocycles. The van der Waals surface area contributed by atoms with E-state index in [0.29, 0.717) is 12.8 Å². The zero-order valence-electron chi connectivity index (χ0n) is 5.51. The Morgan fingerprint density at radius 3 is 2.09 bits per heavy atom. The van der Waals surface area contributed by atoms with E-state index in [0.717, 1.165) is 0 Å². The molecule has 0 saturated heterocycles. The van der Waals surface area contributed by atoms with Crippen LogP contribution >= 0.6 is 11.6 Å². The molecule has 0 aromatic rings. The van der Waals surface area contributed by atoms with Crippen molar-refractivity contribution >= 4 is 27.1 Å². The van der Waals surface area contributed by atoms with Gasteiger partial charge in [-0.25, -0.2) is 0 Å². The molecule has 0 bridgehead atoms. The second kappa shape index (κ2) is 2.42. The number of carbonyl (C=O) groups is 1. The molecule has 1 rings (SSSR count).